The predicted molar refractivity (Wildman–Crippen MR) is 68.4 cm³/mol. The second-order valence-electron chi connectivity index (χ2n) is 4.49. The van der Waals surface area contributed by atoms with Crippen LogP contribution in [0.2, 0.25) is 0 Å². The summed E-state index contributed by atoms with van der Waals surface area (Å²) in [5, 5.41) is 7.45. The molecule has 1 saturated heterocycles. The number of piperazine rings is 1. The molecule has 7 heteroatoms. The molecule has 0 amide bonds. The Labute approximate surface area is 109 Å². The summed E-state index contributed by atoms with van der Waals surface area (Å²) in [6.45, 7) is 3.11. The molecule has 0 aromatic carbocycles. The fraction of sp³-hybridized carbons (Fsp3) is 0.545. The van der Waals surface area contributed by atoms with Crippen molar-refractivity contribution in [2.75, 3.05) is 26.7 Å². The molecule has 1 aliphatic heterocycles. The maximum absolute atomic E-state index is 5.29. The van der Waals surface area contributed by atoms with Crippen LogP contribution in [0.5, 0.6) is 0 Å². The average molecular weight is 265 g/mol. The van der Waals surface area contributed by atoms with Crippen LogP contribution < -0.4 is 5.32 Å². The number of hydrogen-bond donors (Lipinski definition) is 1. The number of nitrogens with zero attached hydrogens (tertiary/aromatic N) is 4. The van der Waals surface area contributed by atoms with E-state index in [4.69, 9.17) is 4.52 Å². The van der Waals surface area contributed by atoms with Gasteiger partial charge in [0.05, 0.1) is 10.4 Å². The van der Waals surface area contributed by atoms with E-state index in [0.717, 1.165) is 30.9 Å². The van der Waals surface area contributed by atoms with Gasteiger partial charge in [-0.2, -0.15) is 4.98 Å². The van der Waals surface area contributed by atoms with Crippen LogP contribution in [0.25, 0.3) is 10.7 Å². The van der Waals surface area contributed by atoms with E-state index in [-0.39, 0.29) is 0 Å². The minimum atomic E-state index is 0.388. The molecule has 0 spiro atoms. The van der Waals surface area contributed by atoms with E-state index < -0.39 is 0 Å². The van der Waals surface area contributed by atoms with E-state index in [2.05, 4.69) is 32.4 Å². The number of thiazole rings is 1. The fourth-order valence-electron chi connectivity index (χ4n) is 2.10. The van der Waals surface area contributed by atoms with Crippen LogP contribution in [-0.4, -0.2) is 52.7 Å². The number of hydrogen-bond acceptors (Lipinski definition) is 7. The zero-order valence-corrected chi connectivity index (χ0v) is 11.0. The molecular weight excluding hydrogens is 250 g/mol. The zero-order chi connectivity index (χ0) is 12.4. The summed E-state index contributed by atoms with van der Waals surface area (Å²) in [7, 11) is 2.13. The first-order valence-corrected chi connectivity index (χ1v) is 6.82. The number of likely N-dealkylation sites (N-methyl/N-ethyl adjacent to an activating group) is 1. The Kier molecular flexibility index (Phi) is 3.35. The van der Waals surface area contributed by atoms with Gasteiger partial charge in [0.15, 0.2) is 0 Å². The van der Waals surface area contributed by atoms with Crippen molar-refractivity contribution in [2.24, 2.45) is 0 Å². The average Bonchev–Trinajstić information content (AvgIpc) is 2.98. The topological polar surface area (TPSA) is 67.1 Å². The second kappa shape index (κ2) is 5.13. The number of nitrogens with one attached hydrogen (secondary N) is 1. The third kappa shape index (κ3) is 2.58. The van der Waals surface area contributed by atoms with Gasteiger partial charge in [0.1, 0.15) is 0 Å². The van der Waals surface area contributed by atoms with Gasteiger partial charge in [0.2, 0.25) is 11.7 Å². The summed E-state index contributed by atoms with van der Waals surface area (Å²) in [5.41, 5.74) is 1.77. The molecule has 0 bridgehead atoms. The Bertz CT molecular complexity index is 497. The molecule has 18 heavy (non-hydrogen) atoms. The fourth-order valence-corrected chi connectivity index (χ4v) is 2.65. The normalized spacial score (nSPS) is 21.3. The van der Waals surface area contributed by atoms with Crippen LogP contribution in [0, 0.1) is 0 Å². The van der Waals surface area contributed by atoms with Crippen molar-refractivity contribution in [2.45, 2.75) is 12.5 Å². The first kappa shape index (κ1) is 11.8. The summed E-state index contributed by atoms with van der Waals surface area (Å²) in [4.78, 5) is 11.7. The van der Waals surface area contributed by atoms with Gasteiger partial charge < -0.3 is 14.7 Å². The van der Waals surface area contributed by atoms with E-state index >= 15 is 0 Å². The molecule has 1 aliphatic rings. The third-order valence-electron chi connectivity index (χ3n) is 3.00. The summed E-state index contributed by atoms with van der Waals surface area (Å²) in [5.74, 6) is 1.32. The van der Waals surface area contributed by atoms with Gasteiger partial charge >= 0.3 is 0 Å². The van der Waals surface area contributed by atoms with Gasteiger partial charge in [0.25, 0.3) is 0 Å². The maximum Gasteiger partial charge on any atom is 0.228 e. The van der Waals surface area contributed by atoms with Crippen LogP contribution in [0.15, 0.2) is 16.2 Å². The van der Waals surface area contributed by atoms with Crippen molar-refractivity contribution >= 4 is 11.3 Å². The molecular formula is C11H15N5OS. The van der Waals surface area contributed by atoms with Crippen molar-refractivity contribution < 1.29 is 4.52 Å². The molecule has 3 rings (SSSR count). The highest BCUT2D eigenvalue weighted by molar-refractivity contribution is 7.13. The van der Waals surface area contributed by atoms with Crippen molar-refractivity contribution in [3.63, 3.8) is 0 Å². The minimum absolute atomic E-state index is 0.388. The lowest BCUT2D eigenvalue weighted by atomic mass is 10.1. The molecule has 96 valence electrons. The third-order valence-corrected chi connectivity index (χ3v) is 3.77. The van der Waals surface area contributed by atoms with Crippen molar-refractivity contribution in [1.82, 2.24) is 25.3 Å². The minimum Gasteiger partial charge on any atom is -0.339 e. The Morgan fingerprint density at radius 1 is 1.61 bits per heavy atom. The van der Waals surface area contributed by atoms with E-state index in [1.54, 1.807) is 11.7 Å². The first-order valence-electron chi connectivity index (χ1n) is 5.94. The van der Waals surface area contributed by atoms with E-state index in [0.29, 0.717) is 17.8 Å². The molecule has 0 aliphatic carbocycles. The van der Waals surface area contributed by atoms with E-state index in [9.17, 15) is 0 Å². The van der Waals surface area contributed by atoms with Gasteiger partial charge in [-0.1, -0.05) is 5.16 Å². The lowest BCUT2D eigenvalue weighted by Gasteiger charge is -2.29. The highest BCUT2D eigenvalue weighted by atomic mass is 32.1. The summed E-state index contributed by atoms with van der Waals surface area (Å²) in [6.07, 6.45) is 2.53. The lowest BCUT2D eigenvalue weighted by Crippen LogP contribution is -2.49. The summed E-state index contributed by atoms with van der Waals surface area (Å²) >= 11 is 1.52. The molecule has 6 nitrogen and oxygen atoms in total. The van der Waals surface area contributed by atoms with Gasteiger partial charge in [-0.05, 0) is 7.05 Å². The lowest BCUT2D eigenvalue weighted by molar-refractivity contribution is 0.227. The second-order valence-corrected chi connectivity index (χ2v) is 5.38. The highest BCUT2D eigenvalue weighted by Crippen LogP contribution is 2.20. The van der Waals surface area contributed by atoms with Crippen molar-refractivity contribution in [1.29, 1.82) is 0 Å². The molecule has 3 heterocycles. The van der Waals surface area contributed by atoms with Crippen LogP contribution >= 0.6 is 11.3 Å². The molecule has 2 aromatic rings. The summed E-state index contributed by atoms with van der Waals surface area (Å²) in [6, 6.07) is 0.388. The first-order chi connectivity index (χ1) is 8.81. The molecule has 0 radical (unpaired) electrons. The van der Waals surface area contributed by atoms with Crippen LogP contribution in [-0.2, 0) is 6.42 Å². The molecule has 1 unspecified atom stereocenters. The van der Waals surface area contributed by atoms with Crippen LogP contribution in [0.4, 0.5) is 0 Å². The molecule has 0 saturated carbocycles. The molecule has 1 fully saturated rings. The maximum atomic E-state index is 5.29. The SMILES string of the molecule is CN1CCNC(Cc2nc(-c3cncs3)no2)C1. The van der Waals surface area contributed by atoms with Gasteiger partial charge in [0, 0.05) is 38.3 Å². The Balaban J connectivity index is 1.66. The highest BCUT2D eigenvalue weighted by Gasteiger charge is 2.20. The smallest absolute Gasteiger partial charge is 0.228 e. The monoisotopic (exact) mass is 265 g/mol. The van der Waals surface area contributed by atoms with Gasteiger partial charge in [-0.25, -0.2) is 0 Å². The van der Waals surface area contributed by atoms with E-state index in [1.165, 1.54) is 11.3 Å². The summed E-state index contributed by atoms with van der Waals surface area (Å²) < 4.78 is 5.29. The van der Waals surface area contributed by atoms with E-state index in [1.807, 2.05) is 0 Å². The van der Waals surface area contributed by atoms with Gasteiger partial charge in [-0.3, -0.25) is 4.98 Å². The predicted octanol–water partition coefficient (Wildman–Crippen LogP) is 0.639. The van der Waals surface area contributed by atoms with Crippen molar-refractivity contribution in [3.05, 3.63) is 17.6 Å². The molecule has 2 aromatic heterocycles. The van der Waals surface area contributed by atoms with Crippen LogP contribution in [0.1, 0.15) is 5.89 Å². The Morgan fingerprint density at radius 3 is 3.33 bits per heavy atom. The van der Waals surface area contributed by atoms with Crippen molar-refractivity contribution in [3.8, 4) is 10.7 Å². The van der Waals surface area contributed by atoms with Gasteiger partial charge in [-0.15, -0.1) is 11.3 Å². The number of aromatic nitrogens is 3. The number of rotatable bonds is 3. The quantitative estimate of drug-likeness (QED) is 0.878. The molecule has 1 N–H and O–H groups in total. The van der Waals surface area contributed by atoms with Crippen LogP contribution in [0.3, 0.4) is 0 Å². The Morgan fingerprint density at radius 2 is 2.56 bits per heavy atom. The Hall–Kier alpha value is -1.31. The standard InChI is InChI=1S/C11H15N5OS/c1-16-3-2-13-8(6-16)4-10-14-11(15-17-10)9-5-12-7-18-9/h5,7-8,13H,2-4,6H2,1H3. The largest absolute Gasteiger partial charge is 0.339 e. The molecule has 1 atom stereocenters. The zero-order valence-electron chi connectivity index (χ0n) is 10.2.